The molecule has 0 spiro atoms. The predicted molar refractivity (Wildman–Crippen MR) is 104 cm³/mol. The van der Waals surface area contributed by atoms with E-state index in [9.17, 15) is 9.18 Å². The zero-order valence-electron chi connectivity index (χ0n) is 14.3. The number of allylic oxidation sites excluding steroid dienone is 1. The second-order valence-corrected chi connectivity index (χ2v) is 7.24. The van der Waals surface area contributed by atoms with E-state index in [1.165, 1.54) is 30.8 Å². The highest BCUT2D eigenvalue weighted by Gasteiger charge is 2.28. The number of aliphatic imine (C=N–C) groups is 1. The number of Topliss-reactive ketones (excluding diaryl/α,β-unsaturated/α-hetero) is 1. The summed E-state index contributed by atoms with van der Waals surface area (Å²) < 4.78 is 13.4. The lowest BCUT2D eigenvalue weighted by atomic mass is 9.94. The summed E-state index contributed by atoms with van der Waals surface area (Å²) in [5.41, 5.74) is 2.94. The van der Waals surface area contributed by atoms with Crippen LogP contribution in [0.15, 0.2) is 59.0 Å². The number of amidine groups is 1. The topological polar surface area (TPSA) is 54.4 Å². The molecular weight excluding hydrogens is 373 g/mol. The minimum Gasteiger partial charge on any atom is -0.338 e. The van der Waals surface area contributed by atoms with Crippen molar-refractivity contribution >= 4 is 34.3 Å². The van der Waals surface area contributed by atoms with E-state index in [2.05, 4.69) is 15.3 Å². The molecule has 0 amide bonds. The number of thioether (sulfide) groups is 1. The molecule has 0 saturated carbocycles. The lowest BCUT2D eigenvalue weighted by Gasteiger charge is -2.26. The molecule has 1 aliphatic heterocycles. The van der Waals surface area contributed by atoms with Gasteiger partial charge in [-0.2, -0.15) is 0 Å². The van der Waals surface area contributed by atoms with Gasteiger partial charge >= 0.3 is 0 Å². The molecule has 26 heavy (non-hydrogen) atoms. The highest BCUT2D eigenvalue weighted by Crippen LogP contribution is 2.36. The van der Waals surface area contributed by atoms with E-state index in [1.807, 2.05) is 19.1 Å². The molecule has 1 unspecified atom stereocenters. The number of hydrogen-bond donors (Lipinski definition) is 1. The van der Waals surface area contributed by atoms with Gasteiger partial charge in [0.25, 0.3) is 0 Å². The molecule has 134 valence electrons. The Hall–Kier alpha value is -2.18. The van der Waals surface area contributed by atoms with Crippen LogP contribution in [0.1, 0.15) is 31.0 Å². The van der Waals surface area contributed by atoms with E-state index in [0.29, 0.717) is 22.1 Å². The molecule has 1 aromatic carbocycles. The third-order valence-electron chi connectivity index (χ3n) is 3.95. The van der Waals surface area contributed by atoms with Crippen molar-refractivity contribution in [2.45, 2.75) is 25.6 Å². The smallest absolute Gasteiger partial charge is 0.162 e. The number of nitrogens with zero attached hydrogens (tertiary/aromatic N) is 2. The Balaban J connectivity index is 1.92. The lowest BCUT2D eigenvalue weighted by Crippen LogP contribution is -2.29. The summed E-state index contributed by atoms with van der Waals surface area (Å²) in [6.07, 6.45) is 3.53. The number of rotatable bonds is 4. The number of ketones is 1. The molecule has 7 heteroatoms. The predicted octanol–water partition coefficient (Wildman–Crippen LogP) is 4.67. The zero-order chi connectivity index (χ0) is 18.7. The molecule has 0 saturated heterocycles. The van der Waals surface area contributed by atoms with Crippen LogP contribution in [-0.4, -0.2) is 15.9 Å². The molecule has 2 aromatic rings. The van der Waals surface area contributed by atoms with E-state index in [1.54, 1.807) is 18.5 Å². The fraction of sp³-hybridized carbons (Fsp3) is 0.211. The number of carbonyl (C=O) groups excluding carboxylic acids is 1. The van der Waals surface area contributed by atoms with Crippen LogP contribution in [0.4, 0.5) is 4.39 Å². The maximum atomic E-state index is 13.4. The first-order valence-electron chi connectivity index (χ1n) is 7.99. The van der Waals surface area contributed by atoms with Gasteiger partial charge in [-0.3, -0.25) is 9.78 Å². The van der Waals surface area contributed by atoms with Crippen molar-refractivity contribution in [2.24, 2.45) is 4.99 Å². The maximum Gasteiger partial charge on any atom is 0.162 e. The summed E-state index contributed by atoms with van der Waals surface area (Å²) in [5.74, 6) is 0.167. The zero-order valence-corrected chi connectivity index (χ0v) is 15.9. The average molecular weight is 390 g/mol. The van der Waals surface area contributed by atoms with Gasteiger partial charge in [0.1, 0.15) is 11.9 Å². The third-order valence-corrected chi connectivity index (χ3v) is 5.24. The first kappa shape index (κ1) is 18.6. The molecule has 1 aromatic heterocycles. The van der Waals surface area contributed by atoms with E-state index >= 15 is 0 Å². The van der Waals surface area contributed by atoms with Crippen molar-refractivity contribution in [3.8, 4) is 0 Å². The minimum absolute atomic E-state index is 0.0968. The van der Waals surface area contributed by atoms with Crippen LogP contribution in [-0.2, 0) is 10.5 Å². The maximum absolute atomic E-state index is 13.4. The highest BCUT2D eigenvalue weighted by molar-refractivity contribution is 8.13. The van der Waals surface area contributed by atoms with Gasteiger partial charge in [-0.15, -0.1) is 0 Å². The first-order chi connectivity index (χ1) is 12.5. The highest BCUT2D eigenvalue weighted by atomic mass is 35.5. The van der Waals surface area contributed by atoms with Crippen LogP contribution in [0.3, 0.4) is 0 Å². The molecule has 3 rings (SSSR count). The standard InChI is InChI=1S/C19H17ClFN3OS/c1-11-17(12(2)25)18(15-6-5-14(21)8-16(15)20)24-19(23-11)26-10-13-4-3-7-22-9-13/h3-9,18H,10H2,1-2H3,(H,23,24). The molecule has 0 radical (unpaired) electrons. The van der Waals surface area contributed by atoms with E-state index in [4.69, 9.17) is 11.6 Å². The van der Waals surface area contributed by atoms with Gasteiger partial charge in [0.05, 0.1) is 0 Å². The fourth-order valence-electron chi connectivity index (χ4n) is 2.76. The van der Waals surface area contributed by atoms with Crippen molar-refractivity contribution in [3.63, 3.8) is 0 Å². The van der Waals surface area contributed by atoms with Gasteiger partial charge in [0, 0.05) is 40.0 Å². The Morgan fingerprint density at radius 3 is 2.85 bits per heavy atom. The van der Waals surface area contributed by atoms with Gasteiger partial charge in [0.2, 0.25) is 0 Å². The van der Waals surface area contributed by atoms with Crippen molar-refractivity contribution in [2.75, 3.05) is 0 Å². The van der Waals surface area contributed by atoms with Gasteiger partial charge in [-0.25, -0.2) is 9.38 Å². The molecule has 0 bridgehead atoms. The fourth-order valence-corrected chi connectivity index (χ4v) is 3.91. The van der Waals surface area contributed by atoms with Gasteiger partial charge < -0.3 is 5.32 Å². The molecule has 1 aliphatic rings. The van der Waals surface area contributed by atoms with Gasteiger partial charge in [-0.1, -0.05) is 35.5 Å². The summed E-state index contributed by atoms with van der Waals surface area (Å²) >= 11 is 7.73. The van der Waals surface area contributed by atoms with Crippen LogP contribution in [0.2, 0.25) is 5.02 Å². The van der Waals surface area contributed by atoms with Gasteiger partial charge in [-0.05, 0) is 37.6 Å². The summed E-state index contributed by atoms with van der Waals surface area (Å²) in [6, 6.07) is 7.46. The van der Waals surface area contributed by atoms with Crippen LogP contribution in [0.25, 0.3) is 0 Å². The van der Waals surface area contributed by atoms with Crippen molar-refractivity contribution in [3.05, 3.63) is 76.0 Å². The Labute approximate surface area is 160 Å². The Morgan fingerprint density at radius 1 is 1.38 bits per heavy atom. The van der Waals surface area contributed by atoms with E-state index in [-0.39, 0.29) is 10.8 Å². The van der Waals surface area contributed by atoms with E-state index in [0.717, 1.165) is 11.3 Å². The number of pyridine rings is 1. The molecule has 0 fully saturated rings. The average Bonchev–Trinajstić information content (AvgIpc) is 2.60. The van der Waals surface area contributed by atoms with Crippen LogP contribution >= 0.6 is 23.4 Å². The number of benzene rings is 1. The summed E-state index contributed by atoms with van der Waals surface area (Å²) in [6.45, 7) is 3.33. The lowest BCUT2D eigenvalue weighted by molar-refractivity contribution is -0.113. The third kappa shape index (κ3) is 4.14. The Bertz CT molecular complexity index is 899. The molecule has 2 heterocycles. The monoisotopic (exact) mass is 389 g/mol. The second kappa shape index (κ2) is 8.01. The van der Waals surface area contributed by atoms with Crippen molar-refractivity contribution < 1.29 is 9.18 Å². The van der Waals surface area contributed by atoms with Crippen LogP contribution < -0.4 is 5.32 Å². The first-order valence-corrected chi connectivity index (χ1v) is 9.35. The second-order valence-electron chi connectivity index (χ2n) is 5.87. The summed E-state index contributed by atoms with van der Waals surface area (Å²) in [4.78, 5) is 20.9. The van der Waals surface area contributed by atoms with Gasteiger partial charge in [0.15, 0.2) is 11.0 Å². The molecule has 1 N–H and O–H groups in total. The number of halogens is 2. The number of nitrogens with one attached hydrogen (secondary N) is 1. The molecule has 1 atom stereocenters. The van der Waals surface area contributed by atoms with Crippen LogP contribution in [0, 0.1) is 5.82 Å². The minimum atomic E-state index is -0.557. The Kier molecular flexibility index (Phi) is 5.74. The quantitative estimate of drug-likeness (QED) is 0.825. The summed E-state index contributed by atoms with van der Waals surface area (Å²) in [5, 5.41) is 4.12. The SMILES string of the molecule is CC(=O)C1=C(C)NC(SCc2cccnc2)=NC1c1ccc(F)cc1Cl. The molecule has 0 aliphatic carbocycles. The number of carbonyl (C=O) groups is 1. The largest absolute Gasteiger partial charge is 0.338 e. The number of aromatic nitrogens is 1. The normalized spacial score (nSPS) is 16.9. The number of hydrogen-bond acceptors (Lipinski definition) is 5. The Morgan fingerprint density at radius 2 is 2.19 bits per heavy atom. The van der Waals surface area contributed by atoms with Crippen LogP contribution in [0.5, 0.6) is 0 Å². The molecule has 4 nitrogen and oxygen atoms in total. The molecular formula is C19H17ClFN3OS. The van der Waals surface area contributed by atoms with E-state index < -0.39 is 11.9 Å². The van der Waals surface area contributed by atoms with Crippen molar-refractivity contribution in [1.29, 1.82) is 0 Å². The van der Waals surface area contributed by atoms with Crippen molar-refractivity contribution in [1.82, 2.24) is 10.3 Å². The summed E-state index contributed by atoms with van der Waals surface area (Å²) in [7, 11) is 0.